The van der Waals surface area contributed by atoms with Gasteiger partial charge in [0.1, 0.15) is 11.3 Å². The van der Waals surface area contributed by atoms with E-state index in [1.165, 1.54) is 5.56 Å². The molecule has 0 aliphatic rings. The molecule has 3 aromatic rings. The third-order valence-corrected chi connectivity index (χ3v) is 3.79. The first-order valence-electron chi connectivity index (χ1n) is 6.85. The van der Waals surface area contributed by atoms with Crippen molar-refractivity contribution in [2.45, 2.75) is 19.9 Å². The van der Waals surface area contributed by atoms with Crippen LogP contribution in [0.5, 0.6) is 0 Å². The van der Waals surface area contributed by atoms with Crippen molar-refractivity contribution < 1.29 is 4.42 Å². The highest BCUT2D eigenvalue weighted by Crippen LogP contribution is 2.32. The number of nitrogens with two attached hydrogens (primary N) is 1. The smallest absolute Gasteiger partial charge is 0.134 e. The fraction of sp³-hybridized carbons (Fsp3) is 0.167. The predicted octanol–water partition coefficient (Wildman–Crippen LogP) is 3.97. The number of benzene rings is 2. The number of hydrogen-bond donors (Lipinski definition) is 1. The average Bonchev–Trinajstić information content (AvgIpc) is 2.83. The number of nitriles is 1. The molecule has 3 heteroatoms. The van der Waals surface area contributed by atoms with Gasteiger partial charge in [-0.3, -0.25) is 0 Å². The lowest BCUT2D eigenvalue weighted by Crippen LogP contribution is -2.12. The number of fused-ring (bicyclic) bond motifs is 1. The highest BCUT2D eigenvalue weighted by molar-refractivity contribution is 5.83. The quantitative estimate of drug-likeness (QED) is 0.770. The molecule has 0 amide bonds. The molecule has 0 aliphatic carbocycles. The van der Waals surface area contributed by atoms with Gasteiger partial charge in [-0.15, -0.1) is 0 Å². The van der Waals surface area contributed by atoms with Gasteiger partial charge < -0.3 is 10.2 Å². The van der Waals surface area contributed by atoms with Crippen LogP contribution < -0.4 is 5.73 Å². The number of furan rings is 1. The second kappa shape index (κ2) is 5.08. The van der Waals surface area contributed by atoms with Gasteiger partial charge in [-0.05, 0) is 43.7 Å². The van der Waals surface area contributed by atoms with Gasteiger partial charge >= 0.3 is 0 Å². The Labute approximate surface area is 123 Å². The Hall–Kier alpha value is -2.57. The molecule has 1 aromatic heterocycles. The first kappa shape index (κ1) is 13.4. The zero-order valence-corrected chi connectivity index (χ0v) is 12.1. The molecule has 0 bridgehead atoms. The molecule has 0 aliphatic heterocycles. The summed E-state index contributed by atoms with van der Waals surface area (Å²) < 4.78 is 5.94. The Morgan fingerprint density at radius 3 is 2.71 bits per heavy atom. The molecule has 104 valence electrons. The molecule has 0 saturated heterocycles. The van der Waals surface area contributed by atoms with Crippen molar-refractivity contribution in [2.24, 2.45) is 5.73 Å². The molecule has 3 rings (SSSR count). The highest BCUT2D eigenvalue weighted by Gasteiger charge is 2.19. The van der Waals surface area contributed by atoms with Gasteiger partial charge in [0.25, 0.3) is 0 Å². The highest BCUT2D eigenvalue weighted by atomic mass is 16.3. The van der Waals surface area contributed by atoms with Crippen molar-refractivity contribution in [2.75, 3.05) is 0 Å². The molecule has 1 unspecified atom stereocenters. The topological polar surface area (TPSA) is 62.9 Å². The SMILES string of the molecule is Cc1ccc2oc(C(N)c3cccc(C#N)c3)c(C)c2c1. The van der Waals surface area contributed by atoms with Crippen LogP contribution in [0.3, 0.4) is 0 Å². The van der Waals surface area contributed by atoms with E-state index in [1.807, 2.05) is 37.3 Å². The maximum Gasteiger partial charge on any atom is 0.134 e. The third kappa shape index (κ3) is 2.31. The van der Waals surface area contributed by atoms with Crippen LogP contribution in [0.25, 0.3) is 11.0 Å². The van der Waals surface area contributed by atoms with E-state index in [2.05, 4.69) is 19.1 Å². The molecule has 3 nitrogen and oxygen atoms in total. The fourth-order valence-corrected chi connectivity index (χ4v) is 2.60. The van der Waals surface area contributed by atoms with Gasteiger partial charge in [-0.25, -0.2) is 0 Å². The van der Waals surface area contributed by atoms with Crippen LogP contribution in [0.1, 0.15) is 34.1 Å². The van der Waals surface area contributed by atoms with Gasteiger partial charge in [-0.2, -0.15) is 5.26 Å². The summed E-state index contributed by atoms with van der Waals surface area (Å²) in [6.45, 7) is 4.08. The van der Waals surface area contributed by atoms with Gasteiger partial charge in [0, 0.05) is 10.9 Å². The van der Waals surface area contributed by atoms with Crippen molar-refractivity contribution >= 4 is 11.0 Å². The van der Waals surface area contributed by atoms with Gasteiger partial charge in [-0.1, -0.05) is 23.8 Å². The summed E-state index contributed by atoms with van der Waals surface area (Å²) in [5.41, 5.74) is 10.9. The Morgan fingerprint density at radius 1 is 1.14 bits per heavy atom. The normalized spacial score (nSPS) is 12.3. The fourth-order valence-electron chi connectivity index (χ4n) is 2.60. The maximum atomic E-state index is 9.00. The minimum Gasteiger partial charge on any atom is -0.459 e. The molecule has 0 radical (unpaired) electrons. The summed E-state index contributed by atoms with van der Waals surface area (Å²) in [5.74, 6) is 0.755. The lowest BCUT2D eigenvalue weighted by Gasteiger charge is -2.10. The van der Waals surface area contributed by atoms with E-state index in [1.54, 1.807) is 6.07 Å². The minimum absolute atomic E-state index is 0.369. The lowest BCUT2D eigenvalue weighted by atomic mass is 10.00. The first-order chi connectivity index (χ1) is 10.1. The molecule has 0 fully saturated rings. The van der Waals surface area contributed by atoms with Crippen LogP contribution in [0.4, 0.5) is 0 Å². The van der Waals surface area contributed by atoms with E-state index in [0.29, 0.717) is 5.56 Å². The standard InChI is InChI=1S/C18H16N2O/c1-11-6-7-16-15(8-11)12(2)18(21-16)17(20)14-5-3-4-13(9-14)10-19/h3-9,17H,20H2,1-2H3. The predicted molar refractivity (Wildman–Crippen MR) is 82.9 cm³/mol. The Balaban J connectivity index is 2.11. The number of rotatable bonds is 2. The minimum atomic E-state index is -0.369. The Kier molecular flexibility index (Phi) is 3.25. The summed E-state index contributed by atoms with van der Waals surface area (Å²) in [5, 5.41) is 10.1. The van der Waals surface area contributed by atoms with Crippen molar-refractivity contribution in [3.8, 4) is 6.07 Å². The van der Waals surface area contributed by atoms with E-state index >= 15 is 0 Å². The Morgan fingerprint density at radius 2 is 1.95 bits per heavy atom. The molecule has 21 heavy (non-hydrogen) atoms. The third-order valence-electron chi connectivity index (χ3n) is 3.79. The second-order valence-electron chi connectivity index (χ2n) is 5.31. The number of nitrogens with zero attached hydrogens (tertiary/aromatic N) is 1. The van der Waals surface area contributed by atoms with Crippen LogP contribution in [-0.2, 0) is 0 Å². The molecule has 1 atom stereocenters. The second-order valence-corrected chi connectivity index (χ2v) is 5.31. The van der Waals surface area contributed by atoms with Crippen LogP contribution in [0, 0.1) is 25.2 Å². The summed E-state index contributed by atoms with van der Waals surface area (Å²) in [6, 6.07) is 15.2. The Bertz CT molecular complexity index is 855. The van der Waals surface area contributed by atoms with Crippen molar-refractivity contribution in [3.05, 3.63) is 70.5 Å². The van der Waals surface area contributed by atoms with Crippen LogP contribution in [0.15, 0.2) is 46.9 Å². The van der Waals surface area contributed by atoms with Crippen molar-refractivity contribution in [1.29, 1.82) is 5.26 Å². The molecule has 0 saturated carbocycles. The van der Waals surface area contributed by atoms with Gasteiger partial charge in [0.05, 0.1) is 17.7 Å². The summed E-state index contributed by atoms with van der Waals surface area (Å²) in [4.78, 5) is 0. The van der Waals surface area contributed by atoms with Crippen LogP contribution in [0.2, 0.25) is 0 Å². The zero-order chi connectivity index (χ0) is 15.0. The summed E-state index contributed by atoms with van der Waals surface area (Å²) >= 11 is 0. The van der Waals surface area contributed by atoms with Crippen LogP contribution >= 0.6 is 0 Å². The van der Waals surface area contributed by atoms with E-state index in [0.717, 1.165) is 27.9 Å². The van der Waals surface area contributed by atoms with E-state index in [4.69, 9.17) is 15.4 Å². The molecular formula is C18H16N2O. The van der Waals surface area contributed by atoms with Gasteiger partial charge in [0.15, 0.2) is 0 Å². The summed E-state index contributed by atoms with van der Waals surface area (Å²) in [6.07, 6.45) is 0. The molecule has 2 aromatic carbocycles. The first-order valence-corrected chi connectivity index (χ1v) is 6.85. The largest absolute Gasteiger partial charge is 0.459 e. The molecular weight excluding hydrogens is 260 g/mol. The molecule has 2 N–H and O–H groups in total. The van der Waals surface area contributed by atoms with E-state index in [9.17, 15) is 0 Å². The molecule has 0 spiro atoms. The van der Waals surface area contributed by atoms with E-state index in [-0.39, 0.29) is 6.04 Å². The zero-order valence-electron chi connectivity index (χ0n) is 12.1. The van der Waals surface area contributed by atoms with Gasteiger partial charge in [0.2, 0.25) is 0 Å². The number of hydrogen-bond acceptors (Lipinski definition) is 3. The monoisotopic (exact) mass is 276 g/mol. The van der Waals surface area contributed by atoms with Crippen molar-refractivity contribution in [3.63, 3.8) is 0 Å². The van der Waals surface area contributed by atoms with Crippen LogP contribution in [-0.4, -0.2) is 0 Å². The van der Waals surface area contributed by atoms with E-state index < -0.39 is 0 Å². The average molecular weight is 276 g/mol. The molecule has 1 heterocycles. The lowest BCUT2D eigenvalue weighted by molar-refractivity contribution is 0.521. The number of aryl methyl sites for hydroxylation is 2. The van der Waals surface area contributed by atoms with Crippen molar-refractivity contribution in [1.82, 2.24) is 0 Å². The summed E-state index contributed by atoms with van der Waals surface area (Å²) in [7, 11) is 0. The maximum absolute atomic E-state index is 9.00.